The van der Waals surface area contributed by atoms with Gasteiger partial charge in [0.05, 0.1) is 18.4 Å². The zero-order chi connectivity index (χ0) is 13.8. The van der Waals surface area contributed by atoms with E-state index < -0.39 is 5.97 Å². The normalized spacial score (nSPS) is 10.2. The smallest absolute Gasteiger partial charge is 0.335 e. The van der Waals surface area contributed by atoms with Crippen LogP contribution >= 0.6 is 0 Å². The lowest BCUT2D eigenvalue weighted by Crippen LogP contribution is -2.01. The molecule has 0 radical (unpaired) electrons. The number of carbonyl (C=O) groups is 1. The van der Waals surface area contributed by atoms with Gasteiger partial charge in [-0.1, -0.05) is 12.1 Å². The van der Waals surface area contributed by atoms with E-state index in [1.807, 2.05) is 19.1 Å². The van der Waals surface area contributed by atoms with E-state index in [1.54, 1.807) is 31.5 Å². The third-order valence-electron chi connectivity index (χ3n) is 2.90. The lowest BCUT2D eigenvalue weighted by atomic mass is 9.97. The van der Waals surface area contributed by atoms with Crippen LogP contribution in [0.4, 0.5) is 0 Å². The highest BCUT2D eigenvalue weighted by molar-refractivity contribution is 5.92. The number of rotatable bonds is 4. The Labute approximate surface area is 111 Å². The van der Waals surface area contributed by atoms with E-state index in [-0.39, 0.29) is 0 Å². The lowest BCUT2D eigenvalue weighted by Gasteiger charge is -2.10. The van der Waals surface area contributed by atoms with Crippen molar-refractivity contribution in [3.05, 3.63) is 47.8 Å². The van der Waals surface area contributed by atoms with E-state index in [0.29, 0.717) is 17.9 Å². The first kappa shape index (κ1) is 13.1. The number of benzene rings is 1. The first-order valence-electron chi connectivity index (χ1n) is 6.04. The second-order valence-corrected chi connectivity index (χ2v) is 4.13. The van der Waals surface area contributed by atoms with Crippen LogP contribution in [0.5, 0.6) is 5.75 Å². The number of aromatic nitrogens is 1. The molecule has 0 amide bonds. The molecule has 0 fully saturated rings. The minimum atomic E-state index is -0.923. The van der Waals surface area contributed by atoms with Gasteiger partial charge >= 0.3 is 5.97 Å². The Hall–Kier alpha value is -2.36. The highest BCUT2D eigenvalue weighted by atomic mass is 16.5. The number of hydrogen-bond acceptors (Lipinski definition) is 3. The fourth-order valence-corrected chi connectivity index (χ4v) is 1.99. The molecule has 0 aliphatic carbocycles. The van der Waals surface area contributed by atoms with E-state index in [9.17, 15) is 4.79 Å². The van der Waals surface area contributed by atoms with Crippen molar-refractivity contribution in [3.63, 3.8) is 0 Å². The van der Waals surface area contributed by atoms with E-state index in [0.717, 1.165) is 16.7 Å². The van der Waals surface area contributed by atoms with Crippen LogP contribution < -0.4 is 4.74 Å². The van der Waals surface area contributed by atoms with Crippen LogP contribution in [0.1, 0.15) is 22.8 Å². The van der Waals surface area contributed by atoms with Crippen molar-refractivity contribution >= 4 is 5.97 Å². The van der Waals surface area contributed by atoms with Crippen LogP contribution in [-0.2, 0) is 0 Å². The van der Waals surface area contributed by atoms with Gasteiger partial charge in [0.1, 0.15) is 5.75 Å². The summed E-state index contributed by atoms with van der Waals surface area (Å²) in [7, 11) is 0. The van der Waals surface area contributed by atoms with Gasteiger partial charge in [0.25, 0.3) is 0 Å². The summed E-state index contributed by atoms with van der Waals surface area (Å²) in [4.78, 5) is 15.3. The number of carboxylic acids is 1. The monoisotopic (exact) mass is 257 g/mol. The summed E-state index contributed by atoms with van der Waals surface area (Å²) in [6.45, 7) is 4.27. The maximum atomic E-state index is 11.1. The third-order valence-corrected chi connectivity index (χ3v) is 2.90. The van der Waals surface area contributed by atoms with Gasteiger partial charge in [-0.2, -0.15) is 0 Å². The SMILES string of the molecule is CCOc1cncc(-c2cccc(C(=O)O)c2C)c1. The van der Waals surface area contributed by atoms with E-state index >= 15 is 0 Å². The molecule has 0 atom stereocenters. The molecule has 1 N–H and O–H groups in total. The summed E-state index contributed by atoms with van der Waals surface area (Å²) in [6, 6.07) is 7.08. The average molecular weight is 257 g/mol. The van der Waals surface area contributed by atoms with Crippen LogP contribution in [0.2, 0.25) is 0 Å². The van der Waals surface area contributed by atoms with Gasteiger partial charge < -0.3 is 9.84 Å². The van der Waals surface area contributed by atoms with Crippen molar-refractivity contribution in [1.82, 2.24) is 4.98 Å². The van der Waals surface area contributed by atoms with Crippen molar-refractivity contribution in [2.75, 3.05) is 6.61 Å². The summed E-state index contributed by atoms with van der Waals surface area (Å²) < 4.78 is 5.41. The van der Waals surface area contributed by atoms with Crippen molar-refractivity contribution < 1.29 is 14.6 Å². The maximum absolute atomic E-state index is 11.1. The molecule has 19 heavy (non-hydrogen) atoms. The Balaban J connectivity index is 2.50. The predicted octanol–water partition coefficient (Wildman–Crippen LogP) is 3.15. The van der Waals surface area contributed by atoms with Crippen LogP contribution in [-0.4, -0.2) is 22.7 Å². The Morgan fingerprint density at radius 2 is 2.16 bits per heavy atom. The Kier molecular flexibility index (Phi) is 3.80. The molecule has 1 aromatic carbocycles. The molecule has 0 aliphatic rings. The lowest BCUT2D eigenvalue weighted by molar-refractivity contribution is 0.0696. The van der Waals surface area contributed by atoms with E-state index in [2.05, 4.69) is 4.98 Å². The van der Waals surface area contributed by atoms with Crippen LogP contribution in [0.3, 0.4) is 0 Å². The Morgan fingerprint density at radius 1 is 1.37 bits per heavy atom. The topological polar surface area (TPSA) is 59.4 Å². The molecule has 4 nitrogen and oxygen atoms in total. The molecule has 0 saturated carbocycles. The van der Waals surface area contributed by atoms with Gasteiger partial charge in [-0.25, -0.2) is 4.79 Å². The van der Waals surface area contributed by atoms with Gasteiger partial charge in [0, 0.05) is 11.8 Å². The summed E-state index contributed by atoms with van der Waals surface area (Å²) in [5.74, 6) is -0.242. The molecular formula is C15H15NO3. The predicted molar refractivity (Wildman–Crippen MR) is 72.5 cm³/mol. The van der Waals surface area contributed by atoms with Crippen LogP contribution in [0.15, 0.2) is 36.7 Å². The molecular weight excluding hydrogens is 242 g/mol. The number of ether oxygens (including phenoxy) is 1. The van der Waals surface area contributed by atoms with Crippen LogP contribution in [0, 0.1) is 6.92 Å². The first-order chi connectivity index (χ1) is 9.13. The van der Waals surface area contributed by atoms with Gasteiger partial charge in [0.2, 0.25) is 0 Å². The molecule has 0 unspecified atom stereocenters. The van der Waals surface area contributed by atoms with Gasteiger partial charge in [-0.15, -0.1) is 0 Å². The molecule has 0 spiro atoms. The Bertz CT molecular complexity index is 608. The molecule has 1 aromatic heterocycles. The van der Waals surface area contributed by atoms with Gasteiger partial charge in [-0.3, -0.25) is 4.98 Å². The average Bonchev–Trinajstić information content (AvgIpc) is 2.39. The second-order valence-electron chi connectivity index (χ2n) is 4.13. The largest absolute Gasteiger partial charge is 0.492 e. The highest BCUT2D eigenvalue weighted by Gasteiger charge is 2.11. The van der Waals surface area contributed by atoms with Crippen molar-refractivity contribution in [2.24, 2.45) is 0 Å². The molecule has 1 heterocycles. The minimum Gasteiger partial charge on any atom is -0.492 e. The second kappa shape index (κ2) is 5.52. The van der Waals surface area contributed by atoms with Gasteiger partial charge in [-0.05, 0) is 37.1 Å². The fourth-order valence-electron chi connectivity index (χ4n) is 1.99. The first-order valence-corrected chi connectivity index (χ1v) is 6.04. The van der Waals surface area contributed by atoms with Crippen molar-refractivity contribution in [2.45, 2.75) is 13.8 Å². The fraction of sp³-hybridized carbons (Fsp3) is 0.200. The molecule has 4 heteroatoms. The number of aromatic carboxylic acids is 1. The number of nitrogens with zero attached hydrogens (tertiary/aromatic N) is 1. The van der Waals surface area contributed by atoms with E-state index in [4.69, 9.17) is 9.84 Å². The highest BCUT2D eigenvalue weighted by Crippen LogP contribution is 2.27. The molecule has 2 aromatic rings. The number of carboxylic acid groups (broad SMARTS) is 1. The molecule has 98 valence electrons. The summed E-state index contributed by atoms with van der Waals surface area (Å²) in [6.07, 6.45) is 3.35. The standard InChI is InChI=1S/C15H15NO3/c1-3-19-12-7-11(8-16-9-12)13-5-4-6-14(10(13)2)15(17)18/h4-9H,3H2,1-2H3,(H,17,18). The molecule has 0 aliphatic heterocycles. The molecule has 0 saturated heterocycles. The summed E-state index contributed by atoms with van der Waals surface area (Å²) in [5.41, 5.74) is 2.74. The van der Waals surface area contributed by atoms with Crippen molar-refractivity contribution in [3.8, 4) is 16.9 Å². The number of hydrogen-bond donors (Lipinski definition) is 1. The summed E-state index contributed by atoms with van der Waals surface area (Å²) in [5, 5.41) is 9.14. The van der Waals surface area contributed by atoms with Gasteiger partial charge in [0.15, 0.2) is 0 Å². The quantitative estimate of drug-likeness (QED) is 0.914. The zero-order valence-electron chi connectivity index (χ0n) is 10.9. The summed E-state index contributed by atoms with van der Waals surface area (Å²) >= 11 is 0. The third kappa shape index (κ3) is 2.73. The zero-order valence-corrected chi connectivity index (χ0v) is 10.9. The maximum Gasteiger partial charge on any atom is 0.335 e. The van der Waals surface area contributed by atoms with Crippen LogP contribution in [0.25, 0.3) is 11.1 Å². The number of pyridine rings is 1. The van der Waals surface area contributed by atoms with Crippen molar-refractivity contribution in [1.29, 1.82) is 0 Å². The molecule has 2 rings (SSSR count). The minimum absolute atomic E-state index is 0.305. The Morgan fingerprint density at radius 3 is 2.84 bits per heavy atom. The molecule has 0 bridgehead atoms. The van der Waals surface area contributed by atoms with E-state index in [1.165, 1.54) is 0 Å².